The molecule has 0 aliphatic carbocycles. The Balaban J connectivity index is 2.14. The van der Waals surface area contributed by atoms with Gasteiger partial charge >= 0.3 is 0 Å². The highest BCUT2D eigenvalue weighted by molar-refractivity contribution is 5.19. The van der Waals surface area contributed by atoms with E-state index >= 15 is 0 Å². The monoisotopic (exact) mass is 291 g/mol. The third-order valence-electron chi connectivity index (χ3n) is 3.76. The van der Waals surface area contributed by atoms with E-state index in [1.807, 2.05) is 7.05 Å². The van der Waals surface area contributed by atoms with Crippen LogP contribution in [-0.4, -0.2) is 23.2 Å². The zero-order valence-electron chi connectivity index (χ0n) is 12.9. The first kappa shape index (κ1) is 15.6. The largest absolute Gasteiger partial charge is 0.339 e. The Bertz CT molecular complexity index is 565. The maximum absolute atomic E-state index is 12.9. The molecular formula is C16H22FN3O. The van der Waals surface area contributed by atoms with Crippen LogP contribution >= 0.6 is 0 Å². The summed E-state index contributed by atoms with van der Waals surface area (Å²) in [4.78, 5) is 4.51. The first-order valence-electron chi connectivity index (χ1n) is 7.25. The summed E-state index contributed by atoms with van der Waals surface area (Å²) < 4.78 is 18.3. The quantitative estimate of drug-likeness (QED) is 0.888. The minimum absolute atomic E-state index is 0.171. The van der Waals surface area contributed by atoms with Gasteiger partial charge in [-0.3, -0.25) is 0 Å². The van der Waals surface area contributed by atoms with Crippen LogP contribution in [0.15, 0.2) is 28.8 Å². The van der Waals surface area contributed by atoms with Gasteiger partial charge < -0.3 is 9.84 Å². The second kappa shape index (κ2) is 6.80. The van der Waals surface area contributed by atoms with E-state index < -0.39 is 0 Å². The number of nitrogens with zero attached hydrogens (tertiary/aromatic N) is 2. The molecule has 1 aromatic carbocycles. The molecule has 0 aliphatic rings. The van der Waals surface area contributed by atoms with Gasteiger partial charge in [-0.1, -0.05) is 31.1 Å². The summed E-state index contributed by atoms with van der Waals surface area (Å²) in [5, 5.41) is 7.29. The summed E-state index contributed by atoms with van der Waals surface area (Å²) in [6.07, 6.45) is 0.544. The fourth-order valence-corrected chi connectivity index (χ4v) is 2.52. The van der Waals surface area contributed by atoms with Crippen molar-refractivity contribution in [3.63, 3.8) is 0 Å². The molecule has 0 amide bonds. The van der Waals surface area contributed by atoms with E-state index in [2.05, 4.69) is 36.2 Å². The lowest BCUT2D eigenvalue weighted by Crippen LogP contribution is -2.32. The topological polar surface area (TPSA) is 51.0 Å². The van der Waals surface area contributed by atoms with Crippen LogP contribution in [0.4, 0.5) is 4.39 Å². The molecule has 2 rings (SSSR count). The Morgan fingerprint density at radius 3 is 2.43 bits per heavy atom. The number of hydrogen-bond acceptors (Lipinski definition) is 4. The van der Waals surface area contributed by atoms with Gasteiger partial charge in [-0.05, 0) is 37.6 Å². The van der Waals surface area contributed by atoms with E-state index in [-0.39, 0.29) is 17.8 Å². The molecule has 4 nitrogen and oxygen atoms in total. The molecule has 2 atom stereocenters. The van der Waals surface area contributed by atoms with Crippen molar-refractivity contribution in [1.82, 2.24) is 15.5 Å². The summed E-state index contributed by atoms with van der Waals surface area (Å²) >= 11 is 0. The summed E-state index contributed by atoms with van der Waals surface area (Å²) in [6.45, 7) is 6.39. The smallest absolute Gasteiger partial charge is 0.231 e. The molecule has 0 saturated heterocycles. The highest BCUT2D eigenvalue weighted by atomic mass is 19.1. The third kappa shape index (κ3) is 3.88. The van der Waals surface area contributed by atoms with Crippen molar-refractivity contribution in [3.8, 4) is 0 Å². The number of benzene rings is 1. The SMILES string of the molecule is CNC(C)C(c1nc(Cc2ccc(F)cc2)no1)C(C)C. The Kier molecular flexibility index (Phi) is 5.07. The van der Waals surface area contributed by atoms with Gasteiger partial charge in [-0.25, -0.2) is 4.39 Å². The second-order valence-corrected chi connectivity index (χ2v) is 5.70. The molecule has 114 valence electrons. The lowest BCUT2D eigenvalue weighted by atomic mass is 9.89. The van der Waals surface area contributed by atoms with Crippen molar-refractivity contribution in [2.75, 3.05) is 7.05 Å². The van der Waals surface area contributed by atoms with Crippen molar-refractivity contribution in [2.45, 2.75) is 39.2 Å². The molecule has 2 unspecified atom stereocenters. The molecule has 2 aromatic rings. The van der Waals surface area contributed by atoms with Gasteiger partial charge in [0.2, 0.25) is 5.89 Å². The average molecular weight is 291 g/mol. The van der Waals surface area contributed by atoms with Crippen LogP contribution in [0.2, 0.25) is 0 Å². The van der Waals surface area contributed by atoms with E-state index in [1.165, 1.54) is 12.1 Å². The Hall–Kier alpha value is -1.75. The maximum Gasteiger partial charge on any atom is 0.231 e. The fourth-order valence-electron chi connectivity index (χ4n) is 2.52. The van der Waals surface area contributed by atoms with E-state index in [0.29, 0.717) is 24.1 Å². The van der Waals surface area contributed by atoms with Crippen LogP contribution in [0.5, 0.6) is 0 Å². The maximum atomic E-state index is 12.9. The van der Waals surface area contributed by atoms with Crippen molar-refractivity contribution in [2.24, 2.45) is 5.92 Å². The van der Waals surface area contributed by atoms with E-state index in [4.69, 9.17) is 4.52 Å². The van der Waals surface area contributed by atoms with Gasteiger partial charge in [-0.2, -0.15) is 4.98 Å². The minimum Gasteiger partial charge on any atom is -0.339 e. The standard InChI is InChI=1S/C16H22FN3O/c1-10(2)15(11(3)18-4)16-19-14(20-21-16)9-12-5-7-13(17)8-6-12/h5-8,10-11,15,18H,9H2,1-4H3. The zero-order chi connectivity index (χ0) is 15.4. The second-order valence-electron chi connectivity index (χ2n) is 5.70. The molecule has 1 aromatic heterocycles. The number of aromatic nitrogens is 2. The summed E-state index contributed by atoms with van der Waals surface area (Å²) in [5.41, 5.74) is 0.964. The fraction of sp³-hybridized carbons (Fsp3) is 0.500. The molecule has 21 heavy (non-hydrogen) atoms. The normalized spacial score (nSPS) is 14.4. The lowest BCUT2D eigenvalue weighted by molar-refractivity contribution is 0.285. The van der Waals surface area contributed by atoms with Gasteiger partial charge in [0.05, 0.1) is 5.92 Å². The van der Waals surface area contributed by atoms with Crippen LogP contribution in [-0.2, 0) is 6.42 Å². The van der Waals surface area contributed by atoms with Crippen LogP contribution in [0.1, 0.15) is 44.0 Å². The number of nitrogens with one attached hydrogen (secondary N) is 1. The molecule has 1 heterocycles. The van der Waals surface area contributed by atoms with Gasteiger partial charge in [0.25, 0.3) is 0 Å². The van der Waals surface area contributed by atoms with Crippen LogP contribution in [0, 0.1) is 11.7 Å². The molecule has 0 aliphatic heterocycles. The van der Waals surface area contributed by atoms with Crippen molar-refractivity contribution < 1.29 is 8.91 Å². The first-order valence-corrected chi connectivity index (χ1v) is 7.25. The minimum atomic E-state index is -0.240. The molecule has 0 radical (unpaired) electrons. The van der Waals surface area contributed by atoms with Gasteiger partial charge in [0.1, 0.15) is 5.82 Å². The number of rotatable bonds is 6. The Labute approximate surface area is 124 Å². The number of hydrogen-bond donors (Lipinski definition) is 1. The predicted molar refractivity (Wildman–Crippen MR) is 79.6 cm³/mol. The number of likely N-dealkylation sites (N-methyl/N-ethyl adjacent to an activating group) is 1. The molecular weight excluding hydrogens is 269 g/mol. The van der Waals surface area contributed by atoms with Crippen molar-refractivity contribution >= 4 is 0 Å². The third-order valence-corrected chi connectivity index (χ3v) is 3.76. The van der Waals surface area contributed by atoms with Gasteiger partial charge in [-0.15, -0.1) is 0 Å². The molecule has 5 heteroatoms. The molecule has 0 spiro atoms. The van der Waals surface area contributed by atoms with E-state index in [9.17, 15) is 4.39 Å². The predicted octanol–water partition coefficient (Wildman–Crippen LogP) is 3.15. The van der Waals surface area contributed by atoms with Crippen molar-refractivity contribution in [3.05, 3.63) is 47.4 Å². The van der Waals surface area contributed by atoms with Crippen LogP contribution < -0.4 is 5.32 Å². The molecule has 0 saturated carbocycles. The van der Waals surface area contributed by atoms with E-state index in [0.717, 1.165) is 5.56 Å². The highest BCUT2D eigenvalue weighted by Crippen LogP contribution is 2.26. The van der Waals surface area contributed by atoms with E-state index in [1.54, 1.807) is 12.1 Å². The summed E-state index contributed by atoms with van der Waals surface area (Å²) in [5.74, 6) is 1.61. The van der Waals surface area contributed by atoms with Crippen LogP contribution in [0.25, 0.3) is 0 Å². The molecule has 0 bridgehead atoms. The summed E-state index contributed by atoms with van der Waals surface area (Å²) in [7, 11) is 1.93. The van der Waals surface area contributed by atoms with Gasteiger partial charge in [0.15, 0.2) is 5.82 Å². The lowest BCUT2D eigenvalue weighted by Gasteiger charge is -2.23. The Morgan fingerprint density at radius 1 is 1.19 bits per heavy atom. The van der Waals surface area contributed by atoms with Crippen molar-refractivity contribution in [1.29, 1.82) is 0 Å². The first-order chi connectivity index (χ1) is 10.0. The zero-order valence-corrected chi connectivity index (χ0v) is 12.9. The number of halogens is 1. The van der Waals surface area contributed by atoms with Crippen LogP contribution in [0.3, 0.4) is 0 Å². The highest BCUT2D eigenvalue weighted by Gasteiger charge is 2.27. The van der Waals surface area contributed by atoms with Gasteiger partial charge in [0, 0.05) is 12.5 Å². The average Bonchev–Trinajstić information content (AvgIpc) is 2.89. The summed E-state index contributed by atoms with van der Waals surface area (Å²) in [6, 6.07) is 6.61. The molecule has 0 fully saturated rings. The molecule has 1 N–H and O–H groups in total. The Morgan fingerprint density at radius 2 is 1.86 bits per heavy atom.